The molecule has 0 radical (unpaired) electrons. The van der Waals surface area contributed by atoms with Gasteiger partial charge in [-0.1, -0.05) is 11.8 Å². The van der Waals surface area contributed by atoms with Gasteiger partial charge in [-0.15, -0.1) is 0 Å². The summed E-state index contributed by atoms with van der Waals surface area (Å²) < 4.78 is 13.7. The van der Waals surface area contributed by atoms with Crippen molar-refractivity contribution in [1.29, 1.82) is 0 Å². The first-order valence-corrected chi connectivity index (χ1v) is 6.32. The molecule has 1 rings (SSSR count). The highest BCUT2D eigenvalue weighted by molar-refractivity contribution is 5.94. The average molecular weight is 263 g/mol. The molecule has 0 saturated heterocycles. The summed E-state index contributed by atoms with van der Waals surface area (Å²) in [6, 6.07) is 4.23. The summed E-state index contributed by atoms with van der Waals surface area (Å²) in [4.78, 5) is 13.7. The van der Waals surface area contributed by atoms with Gasteiger partial charge >= 0.3 is 0 Å². The molecule has 1 N–H and O–H groups in total. The number of aliphatic hydroxyl groups excluding tert-OH is 1. The molecule has 0 heterocycles. The lowest BCUT2D eigenvalue weighted by Gasteiger charge is -2.18. The predicted octanol–water partition coefficient (Wildman–Crippen LogP) is 2.04. The molecule has 0 spiro atoms. The highest BCUT2D eigenvalue weighted by Crippen LogP contribution is 2.13. The number of carbonyl (C=O) groups is 1. The van der Waals surface area contributed by atoms with Crippen molar-refractivity contribution in [2.45, 2.75) is 20.3 Å². The number of aliphatic hydroxyl groups is 1. The minimum Gasteiger partial charge on any atom is -0.395 e. The van der Waals surface area contributed by atoms with E-state index in [0.717, 1.165) is 0 Å². The van der Waals surface area contributed by atoms with Gasteiger partial charge in [0.15, 0.2) is 0 Å². The van der Waals surface area contributed by atoms with Crippen molar-refractivity contribution in [2.75, 3.05) is 19.7 Å². The first-order chi connectivity index (χ1) is 9.13. The molecule has 0 saturated carbocycles. The van der Waals surface area contributed by atoms with E-state index >= 15 is 0 Å². The van der Waals surface area contributed by atoms with Crippen LogP contribution in [0, 0.1) is 17.7 Å². The maximum absolute atomic E-state index is 13.7. The molecule has 0 aromatic heterocycles. The van der Waals surface area contributed by atoms with E-state index in [4.69, 9.17) is 5.11 Å². The Morgan fingerprint density at radius 1 is 1.37 bits per heavy atom. The van der Waals surface area contributed by atoms with Crippen molar-refractivity contribution < 1.29 is 14.3 Å². The van der Waals surface area contributed by atoms with Gasteiger partial charge in [-0.25, -0.2) is 4.39 Å². The molecule has 19 heavy (non-hydrogen) atoms. The predicted molar refractivity (Wildman–Crippen MR) is 72.2 cm³/mol. The number of nitrogens with zero attached hydrogens (tertiary/aromatic N) is 1. The third-order valence-corrected chi connectivity index (χ3v) is 2.72. The topological polar surface area (TPSA) is 40.5 Å². The van der Waals surface area contributed by atoms with Crippen LogP contribution in [0.3, 0.4) is 0 Å². The molecule has 0 aliphatic rings. The summed E-state index contributed by atoms with van der Waals surface area (Å²) in [5, 5.41) is 8.64. The average Bonchev–Trinajstić information content (AvgIpc) is 2.42. The van der Waals surface area contributed by atoms with E-state index in [0.29, 0.717) is 25.1 Å². The molecule has 0 fully saturated rings. The minimum atomic E-state index is -0.537. The van der Waals surface area contributed by atoms with Crippen LogP contribution in [0.1, 0.15) is 36.2 Å². The summed E-state index contributed by atoms with van der Waals surface area (Å²) >= 11 is 0. The molecule has 4 heteroatoms. The van der Waals surface area contributed by atoms with Crippen molar-refractivity contribution >= 4 is 5.91 Å². The Morgan fingerprint density at radius 3 is 2.63 bits per heavy atom. The number of amides is 1. The fourth-order valence-electron chi connectivity index (χ4n) is 1.67. The van der Waals surface area contributed by atoms with Crippen molar-refractivity contribution in [3.63, 3.8) is 0 Å². The molecule has 0 bridgehead atoms. The van der Waals surface area contributed by atoms with Crippen LogP contribution in [-0.4, -0.2) is 35.6 Å². The van der Waals surface area contributed by atoms with E-state index in [1.165, 1.54) is 18.2 Å². The lowest BCUT2D eigenvalue weighted by atomic mass is 10.1. The van der Waals surface area contributed by atoms with Gasteiger partial charge in [0.1, 0.15) is 5.82 Å². The largest absolute Gasteiger partial charge is 0.395 e. The monoisotopic (exact) mass is 263 g/mol. The standard InChI is InChI=1S/C15H18FNO2/c1-3-17(4-2)15(19)13-11-12(7-5-6-10-18)8-9-14(13)16/h8-9,11,18H,3-4,6,10H2,1-2H3. The first kappa shape index (κ1) is 15.2. The van der Waals surface area contributed by atoms with Crippen LogP contribution in [-0.2, 0) is 0 Å². The Hall–Kier alpha value is -1.86. The Balaban J connectivity index is 3.04. The zero-order valence-corrected chi connectivity index (χ0v) is 11.2. The number of benzene rings is 1. The summed E-state index contributed by atoms with van der Waals surface area (Å²) in [7, 11) is 0. The highest BCUT2D eigenvalue weighted by Gasteiger charge is 2.16. The van der Waals surface area contributed by atoms with Crippen LogP contribution in [0.15, 0.2) is 18.2 Å². The fourth-order valence-corrected chi connectivity index (χ4v) is 1.67. The maximum atomic E-state index is 13.7. The zero-order valence-electron chi connectivity index (χ0n) is 11.2. The van der Waals surface area contributed by atoms with Gasteiger partial charge in [0.2, 0.25) is 0 Å². The molecule has 0 aliphatic heterocycles. The first-order valence-electron chi connectivity index (χ1n) is 6.32. The van der Waals surface area contributed by atoms with E-state index in [-0.39, 0.29) is 18.1 Å². The van der Waals surface area contributed by atoms with Gasteiger partial charge in [-0.3, -0.25) is 4.79 Å². The Kier molecular flexibility index (Phi) is 6.04. The number of carbonyl (C=O) groups excluding carboxylic acids is 1. The van der Waals surface area contributed by atoms with Gasteiger partial charge in [0, 0.05) is 25.1 Å². The normalized spacial score (nSPS) is 9.68. The number of rotatable bonds is 4. The molecule has 102 valence electrons. The second kappa shape index (κ2) is 7.55. The smallest absolute Gasteiger partial charge is 0.256 e. The molecule has 0 atom stereocenters. The second-order valence-corrected chi connectivity index (χ2v) is 3.95. The van der Waals surface area contributed by atoms with Gasteiger partial charge in [0.05, 0.1) is 12.2 Å². The van der Waals surface area contributed by atoms with E-state index in [1.807, 2.05) is 13.8 Å². The Bertz CT molecular complexity index is 499. The van der Waals surface area contributed by atoms with Crippen LogP contribution in [0.5, 0.6) is 0 Å². The van der Waals surface area contributed by atoms with Crippen molar-refractivity contribution in [1.82, 2.24) is 4.90 Å². The van der Waals surface area contributed by atoms with Crippen LogP contribution in [0.2, 0.25) is 0 Å². The quantitative estimate of drug-likeness (QED) is 0.845. The molecule has 3 nitrogen and oxygen atoms in total. The van der Waals surface area contributed by atoms with E-state index < -0.39 is 5.82 Å². The highest BCUT2D eigenvalue weighted by atomic mass is 19.1. The fraction of sp³-hybridized carbons (Fsp3) is 0.400. The number of hydrogen-bond donors (Lipinski definition) is 1. The minimum absolute atomic E-state index is 0.0145. The molecule has 1 amide bonds. The molecule has 1 aromatic carbocycles. The molecule has 0 unspecified atom stereocenters. The summed E-state index contributed by atoms with van der Waals surface area (Å²) in [6.45, 7) is 4.76. The lowest BCUT2D eigenvalue weighted by molar-refractivity contribution is 0.0768. The summed E-state index contributed by atoms with van der Waals surface area (Å²) in [5.41, 5.74) is 0.616. The zero-order chi connectivity index (χ0) is 14.3. The van der Waals surface area contributed by atoms with Crippen LogP contribution < -0.4 is 0 Å². The third-order valence-electron chi connectivity index (χ3n) is 2.72. The van der Waals surface area contributed by atoms with E-state index in [9.17, 15) is 9.18 Å². The number of hydrogen-bond acceptors (Lipinski definition) is 2. The van der Waals surface area contributed by atoms with Gasteiger partial charge < -0.3 is 10.0 Å². The van der Waals surface area contributed by atoms with Gasteiger partial charge in [-0.2, -0.15) is 0 Å². The SMILES string of the molecule is CCN(CC)C(=O)c1cc(C#CCCO)ccc1F. The maximum Gasteiger partial charge on any atom is 0.256 e. The Labute approximate surface area is 113 Å². The van der Waals surface area contributed by atoms with Crippen molar-refractivity contribution in [3.8, 4) is 11.8 Å². The Morgan fingerprint density at radius 2 is 2.05 bits per heavy atom. The molecule has 1 aromatic rings. The molecular weight excluding hydrogens is 245 g/mol. The lowest BCUT2D eigenvalue weighted by Crippen LogP contribution is -2.31. The van der Waals surface area contributed by atoms with Gasteiger partial charge in [-0.05, 0) is 32.0 Å². The van der Waals surface area contributed by atoms with Crippen LogP contribution in [0.4, 0.5) is 4.39 Å². The van der Waals surface area contributed by atoms with E-state index in [1.54, 1.807) is 4.90 Å². The summed E-state index contributed by atoms with van der Waals surface area (Å²) in [5.74, 6) is 4.68. The molecule has 0 aliphatic carbocycles. The van der Waals surface area contributed by atoms with Gasteiger partial charge in [0.25, 0.3) is 5.91 Å². The summed E-state index contributed by atoms with van der Waals surface area (Å²) in [6.07, 6.45) is 0.358. The van der Waals surface area contributed by atoms with Crippen molar-refractivity contribution in [3.05, 3.63) is 35.1 Å². The van der Waals surface area contributed by atoms with Crippen molar-refractivity contribution in [2.24, 2.45) is 0 Å². The second-order valence-electron chi connectivity index (χ2n) is 3.95. The molecular formula is C15H18FNO2. The van der Waals surface area contributed by atoms with Crippen LogP contribution >= 0.6 is 0 Å². The number of halogens is 1. The third kappa shape index (κ3) is 4.08. The van der Waals surface area contributed by atoms with E-state index in [2.05, 4.69) is 11.8 Å². The van der Waals surface area contributed by atoms with Crippen LogP contribution in [0.25, 0.3) is 0 Å².